The summed E-state index contributed by atoms with van der Waals surface area (Å²) in [6.07, 6.45) is 0. The third kappa shape index (κ3) is 4.15. The molecule has 11 heteroatoms. The molecule has 10 nitrogen and oxygen atoms in total. The molecule has 1 aromatic heterocycles. The third-order valence-corrected chi connectivity index (χ3v) is 4.66. The van der Waals surface area contributed by atoms with Crippen molar-refractivity contribution in [3.63, 3.8) is 0 Å². The Morgan fingerprint density at radius 1 is 1.26 bits per heavy atom. The Hall–Kier alpha value is -3.66. The molecule has 1 aliphatic heterocycles. The van der Waals surface area contributed by atoms with E-state index in [1.54, 1.807) is 18.2 Å². The number of hydrogen-bond donors (Lipinski definition) is 0. The summed E-state index contributed by atoms with van der Waals surface area (Å²) in [5.74, 6) is 0.907. The molecule has 0 unspecified atom stereocenters. The van der Waals surface area contributed by atoms with Gasteiger partial charge in [0.25, 0.3) is 11.6 Å². The molecular formula is C20H17ClN4O6. The SMILES string of the molecule is CC(C)COc1nc(-c2ccc3c(c2)OCO3)n(C(=O)c2ccc([N+](=O)[O-])cc2Cl)n1. The number of non-ortho nitro benzene ring substituents is 1. The highest BCUT2D eigenvalue weighted by molar-refractivity contribution is 6.34. The second-order valence-electron chi connectivity index (χ2n) is 7.13. The molecule has 0 N–H and O–H groups in total. The average molecular weight is 445 g/mol. The van der Waals surface area contributed by atoms with Crippen LogP contribution in [-0.4, -0.2) is 39.0 Å². The second kappa shape index (κ2) is 8.23. The number of fused-ring (bicyclic) bond motifs is 1. The zero-order valence-corrected chi connectivity index (χ0v) is 17.3. The molecule has 0 spiro atoms. The van der Waals surface area contributed by atoms with Gasteiger partial charge in [-0.3, -0.25) is 14.9 Å². The molecule has 0 amide bonds. The van der Waals surface area contributed by atoms with Crippen LogP contribution in [0.4, 0.5) is 5.69 Å². The Labute approximate surface area is 181 Å². The number of hydrogen-bond acceptors (Lipinski definition) is 8. The maximum atomic E-state index is 13.2. The van der Waals surface area contributed by atoms with E-state index in [1.807, 2.05) is 13.8 Å². The quantitative estimate of drug-likeness (QED) is 0.414. The summed E-state index contributed by atoms with van der Waals surface area (Å²) in [6, 6.07) is 8.71. The van der Waals surface area contributed by atoms with Crippen molar-refractivity contribution in [2.24, 2.45) is 5.92 Å². The van der Waals surface area contributed by atoms with E-state index in [2.05, 4.69) is 10.1 Å². The summed E-state index contributed by atoms with van der Waals surface area (Å²) < 4.78 is 17.4. The molecule has 0 aliphatic carbocycles. The molecule has 0 saturated heterocycles. The minimum Gasteiger partial charge on any atom is -0.462 e. The van der Waals surface area contributed by atoms with Gasteiger partial charge in [0.1, 0.15) is 0 Å². The fourth-order valence-corrected chi connectivity index (χ4v) is 3.12. The molecule has 0 radical (unpaired) electrons. The maximum absolute atomic E-state index is 13.2. The maximum Gasteiger partial charge on any atom is 0.336 e. The number of benzene rings is 2. The monoisotopic (exact) mass is 444 g/mol. The molecule has 0 bridgehead atoms. The highest BCUT2D eigenvalue weighted by Gasteiger charge is 2.25. The smallest absolute Gasteiger partial charge is 0.336 e. The van der Waals surface area contributed by atoms with E-state index in [0.717, 1.165) is 10.7 Å². The molecule has 3 aromatic rings. The first-order valence-electron chi connectivity index (χ1n) is 9.32. The minimum absolute atomic E-state index is 0.0211. The topological polar surface area (TPSA) is 119 Å². The average Bonchev–Trinajstić information content (AvgIpc) is 3.38. The van der Waals surface area contributed by atoms with Crippen LogP contribution in [0, 0.1) is 16.0 Å². The number of aromatic nitrogens is 3. The van der Waals surface area contributed by atoms with Gasteiger partial charge in [0, 0.05) is 17.7 Å². The number of carbonyl (C=O) groups excluding carboxylic acids is 1. The van der Waals surface area contributed by atoms with Crippen LogP contribution in [0.3, 0.4) is 0 Å². The number of ether oxygens (including phenoxy) is 3. The second-order valence-corrected chi connectivity index (χ2v) is 7.54. The van der Waals surface area contributed by atoms with Crippen molar-refractivity contribution in [2.45, 2.75) is 13.8 Å². The lowest BCUT2D eigenvalue weighted by Gasteiger charge is -2.07. The highest BCUT2D eigenvalue weighted by Crippen LogP contribution is 2.36. The van der Waals surface area contributed by atoms with Crippen molar-refractivity contribution in [3.05, 3.63) is 57.1 Å². The lowest BCUT2D eigenvalue weighted by molar-refractivity contribution is -0.384. The first kappa shape index (κ1) is 20.6. The van der Waals surface area contributed by atoms with Crippen LogP contribution in [0.1, 0.15) is 24.2 Å². The molecule has 4 rings (SSSR count). The molecule has 0 saturated carbocycles. The Morgan fingerprint density at radius 3 is 2.74 bits per heavy atom. The van der Waals surface area contributed by atoms with Gasteiger partial charge in [-0.05, 0) is 30.2 Å². The van der Waals surface area contributed by atoms with Gasteiger partial charge in [-0.2, -0.15) is 9.67 Å². The van der Waals surface area contributed by atoms with Crippen LogP contribution in [0.15, 0.2) is 36.4 Å². The first-order chi connectivity index (χ1) is 14.8. The van der Waals surface area contributed by atoms with Crippen LogP contribution in [0.25, 0.3) is 11.4 Å². The van der Waals surface area contributed by atoms with E-state index >= 15 is 0 Å². The Kier molecular flexibility index (Phi) is 5.47. The molecule has 1 aliphatic rings. The minimum atomic E-state index is -0.612. The van der Waals surface area contributed by atoms with Gasteiger partial charge < -0.3 is 14.2 Å². The van der Waals surface area contributed by atoms with Gasteiger partial charge in [0.05, 0.1) is 22.1 Å². The standard InChI is InChI=1S/C20H17ClN4O6/c1-11(2)9-29-20-22-18(12-3-6-16-17(7-12)31-10-30-16)24(23-20)19(26)14-5-4-13(25(27)28)8-15(14)21/h3-8,11H,9-10H2,1-2H3. The molecule has 0 fully saturated rings. The molecule has 2 aromatic carbocycles. The molecule has 31 heavy (non-hydrogen) atoms. The molecule has 160 valence electrons. The van der Waals surface area contributed by atoms with Crippen LogP contribution >= 0.6 is 11.6 Å². The van der Waals surface area contributed by atoms with Gasteiger partial charge >= 0.3 is 6.01 Å². The van der Waals surface area contributed by atoms with Crippen molar-refractivity contribution in [1.82, 2.24) is 14.8 Å². The third-order valence-electron chi connectivity index (χ3n) is 4.35. The fraction of sp³-hybridized carbons (Fsp3) is 0.250. The van der Waals surface area contributed by atoms with Crippen molar-refractivity contribution in [2.75, 3.05) is 13.4 Å². The van der Waals surface area contributed by atoms with E-state index in [1.165, 1.54) is 12.1 Å². The number of nitrogens with zero attached hydrogens (tertiary/aromatic N) is 4. The molecule has 2 heterocycles. The van der Waals surface area contributed by atoms with Crippen LogP contribution in [-0.2, 0) is 0 Å². The fourth-order valence-electron chi connectivity index (χ4n) is 2.86. The van der Waals surface area contributed by atoms with Crippen LogP contribution in [0.2, 0.25) is 5.02 Å². The summed E-state index contributed by atoms with van der Waals surface area (Å²) >= 11 is 6.15. The van der Waals surface area contributed by atoms with Crippen LogP contribution < -0.4 is 14.2 Å². The normalized spacial score (nSPS) is 12.3. The summed E-state index contributed by atoms with van der Waals surface area (Å²) in [6.45, 7) is 4.40. The van der Waals surface area contributed by atoms with E-state index in [4.69, 9.17) is 25.8 Å². The van der Waals surface area contributed by atoms with Gasteiger partial charge in [0.2, 0.25) is 6.79 Å². The lowest BCUT2D eigenvalue weighted by Crippen LogP contribution is -2.16. The van der Waals surface area contributed by atoms with E-state index in [0.29, 0.717) is 23.7 Å². The summed E-state index contributed by atoms with van der Waals surface area (Å²) in [7, 11) is 0. The Morgan fingerprint density at radius 2 is 2.03 bits per heavy atom. The van der Waals surface area contributed by atoms with Crippen molar-refractivity contribution in [3.8, 4) is 28.9 Å². The van der Waals surface area contributed by atoms with Gasteiger partial charge in [-0.25, -0.2) is 0 Å². The van der Waals surface area contributed by atoms with Gasteiger partial charge in [-0.1, -0.05) is 25.4 Å². The van der Waals surface area contributed by atoms with Crippen LogP contribution in [0.5, 0.6) is 17.5 Å². The van der Waals surface area contributed by atoms with Gasteiger partial charge in [0.15, 0.2) is 17.3 Å². The Balaban J connectivity index is 1.77. The van der Waals surface area contributed by atoms with E-state index in [-0.39, 0.29) is 40.8 Å². The zero-order valence-electron chi connectivity index (χ0n) is 16.6. The van der Waals surface area contributed by atoms with Crippen molar-refractivity contribution < 1.29 is 23.9 Å². The van der Waals surface area contributed by atoms with Crippen molar-refractivity contribution >= 4 is 23.2 Å². The predicted octanol–water partition coefficient (Wildman–Crippen LogP) is 3.96. The predicted molar refractivity (Wildman–Crippen MR) is 110 cm³/mol. The van der Waals surface area contributed by atoms with E-state index < -0.39 is 10.8 Å². The number of nitro benzene ring substituents is 1. The lowest BCUT2D eigenvalue weighted by atomic mass is 10.1. The largest absolute Gasteiger partial charge is 0.462 e. The first-order valence-corrected chi connectivity index (χ1v) is 9.70. The number of carbonyl (C=O) groups is 1. The molecular weight excluding hydrogens is 428 g/mol. The number of halogens is 1. The molecule has 0 atom stereocenters. The summed E-state index contributed by atoms with van der Waals surface area (Å²) in [5.41, 5.74) is 0.356. The van der Waals surface area contributed by atoms with Crippen molar-refractivity contribution in [1.29, 1.82) is 0 Å². The summed E-state index contributed by atoms with van der Waals surface area (Å²) in [5, 5.41) is 15.1. The highest BCUT2D eigenvalue weighted by atomic mass is 35.5. The Bertz CT molecular complexity index is 1180. The number of rotatable bonds is 6. The van der Waals surface area contributed by atoms with Gasteiger partial charge in [-0.15, -0.1) is 5.10 Å². The summed E-state index contributed by atoms with van der Waals surface area (Å²) in [4.78, 5) is 28.0. The number of nitro groups is 1. The van der Waals surface area contributed by atoms with E-state index in [9.17, 15) is 14.9 Å². The zero-order chi connectivity index (χ0) is 22.1.